The van der Waals surface area contributed by atoms with Crippen LogP contribution in [0.15, 0.2) is 65.1 Å². The van der Waals surface area contributed by atoms with E-state index in [-0.39, 0.29) is 23.6 Å². The van der Waals surface area contributed by atoms with Crippen LogP contribution in [0, 0.1) is 5.82 Å². The van der Waals surface area contributed by atoms with Crippen LogP contribution in [0.25, 0.3) is 22.6 Å². The summed E-state index contributed by atoms with van der Waals surface area (Å²) in [6.07, 6.45) is 2.04. The average molecular weight is 496 g/mol. The molecule has 34 heavy (non-hydrogen) atoms. The number of carbonyl (C=O) groups is 1. The SMILES string of the molecule is O=C(CSc1nnc(-c2ccc(F)cc2)n1CC1CCCO1)Nc1nc(-c2ccccc2)cs1. The molecule has 7 nitrogen and oxygen atoms in total. The van der Waals surface area contributed by atoms with E-state index in [4.69, 9.17) is 4.74 Å². The van der Waals surface area contributed by atoms with Gasteiger partial charge in [-0.2, -0.15) is 0 Å². The van der Waals surface area contributed by atoms with Crippen LogP contribution in [0.4, 0.5) is 9.52 Å². The van der Waals surface area contributed by atoms with E-state index in [0.717, 1.165) is 36.3 Å². The summed E-state index contributed by atoms with van der Waals surface area (Å²) in [5.74, 6) is 0.311. The third-order valence-electron chi connectivity index (χ3n) is 5.38. The van der Waals surface area contributed by atoms with E-state index in [1.807, 2.05) is 40.3 Å². The van der Waals surface area contributed by atoms with E-state index < -0.39 is 0 Å². The summed E-state index contributed by atoms with van der Waals surface area (Å²) in [5.41, 5.74) is 2.59. The first kappa shape index (κ1) is 22.7. The summed E-state index contributed by atoms with van der Waals surface area (Å²) in [7, 11) is 0. The van der Waals surface area contributed by atoms with Crippen molar-refractivity contribution in [2.45, 2.75) is 30.6 Å². The van der Waals surface area contributed by atoms with Crippen LogP contribution in [-0.2, 0) is 16.1 Å². The number of amides is 1. The van der Waals surface area contributed by atoms with Gasteiger partial charge in [0, 0.05) is 23.1 Å². The number of thiazole rings is 1. The van der Waals surface area contributed by atoms with Crippen LogP contribution in [-0.4, -0.2) is 44.1 Å². The molecule has 1 aliphatic heterocycles. The van der Waals surface area contributed by atoms with Gasteiger partial charge in [-0.3, -0.25) is 9.36 Å². The minimum Gasteiger partial charge on any atom is -0.376 e. The van der Waals surface area contributed by atoms with Crippen LogP contribution in [0.1, 0.15) is 12.8 Å². The predicted octanol–water partition coefficient (Wildman–Crippen LogP) is 5.12. The molecule has 2 aromatic carbocycles. The second-order valence-electron chi connectivity index (χ2n) is 7.80. The molecule has 1 atom stereocenters. The molecule has 5 rings (SSSR count). The Labute approximate surface area is 204 Å². The highest BCUT2D eigenvalue weighted by molar-refractivity contribution is 7.99. The molecular weight excluding hydrogens is 473 g/mol. The van der Waals surface area contributed by atoms with Gasteiger partial charge in [-0.05, 0) is 37.1 Å². The van der Waals surface area contributed by atoms with E-state index >= 15 is 0 Å². The molecule has 1 unspecified atom stereocenters. The molecule has 0 bridgehead atoms. The number of anilines is 1. The Morgan fingerprint density at radius 1 is 1.15 bits per heavy atom. The quantitative estimate of drug-likeness (QED) is 0.342. The highest BCUT2D eigenvalue weighted by Gasteiger charge is 2.22. The zero-order valence-electron chi connectivity index (χ0n) is 18.2. The van der Waals surface area contributed by atoms with E-state index in [9.17, 15) is 9.18 Å². The number of rotatable bonds is 8. The van der Waals surface area contributed by atoms with Gasteiger partial charge in [0.05, 0.1) is 24.1 Å². The Morgan fingerprint density at radius 2 is 1.97 bits per heavy atom. The minimum absolute atomic E-state index is 0.0649. The zero-order valence-corrected chi connectivity index (χ0v) is 19.8. The molecule has 10 heteroatoms. The number of ether oxygens (including phenoxy) is 1. The third kappa shape index (κ3) is 5.35. The summed E-state index contributed by atoms with van der Waals surface area (Å²) in [5, 5.41) is 14.6. The second-order valence-corrected chi connectivity index (χ2v) is 9.60. The summed E-state index contributed by atoms with van der Waals surface area (Å²) in [6, 6.07) is 16.0. The number of hydrogen-bond donors (Lipinski definition) is 1. The molecule has 174 valence electrons. The van der Waals surface area contributed by atoms with Crippen molar-refractivity contribution in [3.8, 4) is 22.6 Å². The topological polar surface area (TPSA) is 81.9 Å². The van der Waals surface area contributed by atoms with Crippen molar-refractivity contribution in [3.05, 3.63) is 65.8 Å². The smallest absolute Gasteiger partial charge is 0.236 e. The van der Waals surface area contributed by atoms with Crippen molar-refractivity contribution in [3.63, 3.8) is 0 Å². The number of carbonyl (C=O) groups excluding carboxylic acids is 1. The van der Waals surface area contributed by atoms with Gasteiger partial charge in [0.1, 0.15) is 5.82 Å². The number of nitrogens with one attached hydrogen (secondary N) is 1. The largest absolute Gasteiger partial charge is 0.376 e. The maximum absolute atomic E-state index is 13.4. The standard InChI is InChI=1S/C24H22FN5O2S2/c25-18-10-8-17(9-11-18)22-28-29-24(30(22)13-19-7-4-12-32-19)34-15-21(31)27-23-26-20(14-33-23)16-5-2-1-3-6-16/h1-3,5-6,8-11,14,19H,4,7,12-13,15H2,(H,26,27,31). The van der Waals surface area contributed by atoms with Gasteiger partial charge in [-0.1, -0.05) is 42.1 Å². The van der Waals surface area contributed by atoms with Crippen molar-refractivity contribution >= 4 is 34.1 Å². The highest BCUT2D eigenvalue weighted by Crippen LogP contribution is 2.28. The molecule has 0 radical (unpaired) electrons. The maximum atomic E-state index is 13.4. The molecular formula is C24H22FN5O2S2. The van der Waals surface area contributed by atoms with Gasteiger partial charge in [-0.25, -0.2) is 9.37 Å². The first-order valence-electron chi connectivity index (χ1n) is 10.9. The summed E-state index contributed by atoms with van der Waals surface area (Å²) in [4.78, 5) is 17.1. The lowest BCUT2D eigenvalue weighted by molar-refractivity contribution is -0.113. The molecule has 1 N–H and O–H groups in total. The van der Waals surface area contributed by atoms with Crippen molar-refractivity contribution in [2.75, 3.05) is 17.7 Å². The van der Waals surface area contributed by atoms with Gasteiger partial charge < -0.3 is 10.1 Å². The van der Waals surface area contributed by atoms with Crippen LogP contribution < -0.4 is 5.32 Å². The van der Waals surface area contributed by atoms with Crippen molar-refractivity contribution in [1.82, 2.24) is 19.7 Å². The molecule has 2 aromatic heterocycles. The lowest BCUT2D eigenvalue weighted by Crippen LogP contribution is -2.18. The second kappa shape index (κ2) is 10.5. The molecule has 4 aromatic rings. The van der Waals surface area contributed by atoms with Crippen molar-refractivity contribution < 1.29 is 13.9 Å². The number of benzene rings is 2. The molecule has 1 aliphatic rings. The predicted molar refractivity (Wildman–Crippen MR) is 131 cm³/mol. The Hall–Kier alpha value is -3.08. The first-order valence-corrected chi connectivity index (χ1v) is 12.8. The lowest BCUT2D eigenvalue weighted by Gasteiger charge is -2.14. The Kier molecular flexibility index (Phi) is 6.98. The van der Waals surface area contributed by atoms with Gasteiger partial charge in [0.25, 0.3) is 0 Å². The number of thioether (sulfide) groups is 1. The molecule has 1 amide bonds. The molecule has 0 aliphatic carbocycles. The summed E-state index contributed by atoms with van der Waals surface area (Å²) >= 11 is 2.69. The van der Waals surface area contributed by atoms with Crippen molar-refractivity contribution in [1.29, 1.82) is 0 Å². The van der Waals surface area contributed by atoms with E-state index in [1.165, 1.54) is 35.2 Å². The average Bonchev–Trinajstić information content (AvgIpc) is 3.61. The van der Waals surface area contributed by atoms with Gasteiger partial charge >= 0.3 is 0 Å². The molecule has 1 saturated heterocycles. The fraction of sp³-hybridized carbons (Fsp3) is 0.250. The van der Waals surface area contributed by atoms with Gasteiger partial charge in [0.15, 0.2) is 16.1 Å². The fourth-order valence-corrected chi connectivity index (χ4v) is 5.21. The lowest BCUT2D eigenvalue weighted by atomic mass is 10.2. The molecule has 3 heterocycles. The van der Waals surface area contributed by atoms with Crippen LogP contribution >= 0.6 is 23.1 Å². The number of halogens is 1. The summed E-state index contributed by atoms with van der Waals surface area (Å²) < 4.78 is 21.2. The van der Waals surface area contributed by atoms with Gasteiger partial charge in [0.2, 0.25) is 5.91 Å². The van der Waals surface area contributed by atoms with Crippen LogP contribution in [0.5, 0.6) is 0 Å². The molecule has 0 spiro atoms. The van der Waals surface area contributed by atoms with E-state index in [2.05, 4.69) is 20.5 Å². The first-order chi connectivity index (χ1) is 16.7. The third-order valence-corrected chi connectivity index (χ3v) is 7.11. The normalized spacial score (nSPS) is 15.5. The minimum atomic E-state index is -0.308. The van der Waals surface area contributed by atoms with Crippen LogP contribution in [0.2, 0.25) is 0 Å². The summed E-state index contributed by atoms with van der Waals surface area (Å²) in [6.45, 7) is 1.32. The van der Waals surface area contributed by atoms with Crippen molar-refractivity contribution in [2.24, 2.45) is 0 Å². The Balaban J connectivity index is 1.27. The Bertz CT molecular complexity index is 1250. The molecule has 0 saturated carbocycles. The monoisotopic (exact) mass is 495 g/mol. The van der Waals surface area contributed by atoms with Crippen LogP contribution in [0.3, 0.4) is 0 Å². The van der Waals surface area contributed by atoms with Gasteiger partial charge in [-0.15, -0.1) is 21.5 Å². The Morgan fingerprint density at radius 3 is 2.74 bits per heavy atom. The number of aromatic nitrogens is 4. The van der Waals surface area contributed by atoms with E-state index in [1.54, 1.807) is 12.1 Å². The maximum Gasteiger partial charge on any atom is 0.236 e. The highest BCUT2D eigenvalue weighted by atomic mass is 32.2. The molecule has 1 fully saturated rings. The van der Waals surface area contributed by atoms with E-state index in [0.29, 0.717) is 22.7 Å². The number of hydrogen-bond acceptors (Lipinski definition) is 7. The fourth-order valence-electron chi connectivity index (χ4n) is 3.72. The zero-order chi connectivity index (χ0) is 23.3. The number of nitrogens with zero attached hydrogens (tertiary/aromatic N) is 4.